The number of allylic oxidation sites excluding steroid dienone is 2. The molecular weight excluding hydrogens is 471 g/mol. The van der Waals surface area contributed by atoms with Crippen molar-refractivity contribution < 1.29 is 0 Å². The van der Waals surface area contributed by atoms with Gasteiger partial charge in [-0.15, -0.1) is 0 Å². The van der Waals surface area contributed by atoms with Crippen LogP contribution in [0.4, 0.5) is 0 Å². The molecule has 0 saturated heterocycles. The van der Waals surface area contributed by atoms with Crippen LogP contribution in [0.1, 0.15) is 11.1 Å². The zero-order valence-electron chi connectivity index (χ0n) is 14.4. The number of hydrogen-bond donors (Lipinski definition) is 0. The maximum atomic E-state index is 6.59. The summed E-state index contributed by atoms with van der Waals surface area (Å²) in [6.45, 7) is 0. The molecule has 1 aliphatic rings. The second-order valence-electron chi connectivity index (χ2n) is 6.49. The molecule has 3 aromatic carbocycles. The summed E-state index contributed by atoms with van der Waals surface area (Å²) >= 11 is 17.5. The Hall–Kier alpha value is -1.23. The molecule has 0 amide bonds. The molecule has 0 saturated carbocycles. The van der Waals surface area contributed by atoms with E-state index in [4.69, 9.17) is 33.2 Å². The number of benzene rings is 3. The van der Waals surface area contributed by atoms with E-state index in [2.05, 4.69) is 71.6 Å². The molecule has 0 radical (unpaired) electrons. The van der Waals surface area contributed by atoms with E-state index in [1.165, 1.54) is 14.4 Å². The van der Waals surface area contributed by atoms with Gasteiger partial charge in [0.2, 0.25) is 0 Å². The van der Waals surface area contributed by atoms with Gasteiger partial charge in [-0.05, 0) is 0 Å². The van der Waals surface area contributed by atoms with Crippen LogP contribution in [0.5, 0.6) is 0 Å². The first-order chi connectivity index (χ1) is 13.1. The molecule has 3 aromatic rings. The molecule has 0 N–H and O–H groups in total. The Bertz CT molecular complexity index is 994. The third kappa shape index (κ3) is 3.98. The minimum atomic E-state index is -3.05. The molecule has 0 spiro atoms. The molecule has 0 fully saturated rings. The van der Waals surface area contributed by atoms with Gasteiger partial charge in [0.1, 0.15) is 0 Å². The maximum absolute atomic E-state index is 6.59. The summed E-state index contributed by atoms with van der Waals surface area (Å²) in [6, 6.07) is 28.6. The molecule has 0 bridgehead atoms. The number of rotatable bonds is 4. The van der Waals surface area contributed by atoms with Gasteiger partial charge in [-0.2, -0.15) is 0 Å². The molecule has 1 atom stereocenters. The summed E-state index contributed by atoms with van der Waals surface area (Å²) in [6.07, 6.45) is 0. The summed E-state index contributed by atoms with van der Waals surface area (Å²) in [4.78, 5) is 2.34. The van der Waals surface area contributed by atoms with Crippen molar-refractivity contribution in [3.63, 3.8) is 0 Å². The van der Waals surface area contributed by atoms with Crippen LogP contribution in [0, 0.1) is 0 Å². The van der Waals surface area contributed by atoms with Crippen LogP contribution >= 0.6 is 33.2 Å². The first-order valence-corrected chi connectivity index (χ1v) is 17.6. The van der Waals surface area contributed by atoms with Crippen LogP contribution in [0.3, 0.4) is 0 Å². The van der Waals surface area contributed by atoms with Crippen LogP contribution in [0.25, 0.3) is 9.98 Å². The van der Waals surface area contributed by atoms with Gasteiger partial charge >= 0.3 is 180 Å². The summed E-state index contributed by atoms with van der Waals surface area (Å²) in [7, 11) is 0. The van der Waals surface area contributed by atoms with Crippen molar-refractivity contribution in [3.05, 3.63) is 112 Å². The summed E-state index contributed by atoms with van der Waals surface area (Å²) in [5.41, 5.74) is 3.51. The molecule has 134 valence electrons. The predicted molar refractivity (Wildman–Crippen MR) is 124 cm³/mol. The van der Waals surface area contributed by atoms with E-state index in [1.807, 2.05) is 24.3 Å². The quantitative estimate of drug-likeness (QED) is 0.315. The first-order valence-electron chi connectivity index (χ1n) is 8.75. The summed E-state index contributed by atoms with van der Waals surface area (Å²) < 4.78 is 2.77. The van der Waals surface area contributed by atoms with Crippen molar-refractivity contribution in [2.24, 2.45) is 0 Å². The molecule has 1 unspecified atom stereocenters. The van der Waals surface area contributed by atoms with Crippen molar-refractivity contribution >= 4 is 68.0 Å². The Kier molecular flexibility index (Phi) is 5.67. The van der Waals surface area contributed by atoms with Crippen LogP contribution in [-0.4, -0.2) is 20.4 Å². The van der Waals surface area contributed by atoms with E-state index in [0.29, 0.717) is 0 Å². The van der Waals surface area contributed by atoms with Gasteiger partial charge in [-0.25, -0.2) is 0 Å². The molecular formula is C22H17Cl3GeSi. The van der Waals surface area contributed by atoms with Crippen molar-refractivity contribution in [1.29, 1.82) is 0 Å². The van der Waals surface area contributed by atoms with Crippen LogP contribution < -0.4 is 4.40 Å². The molecule has 0 aromatic heterocycles. The van der Waals surface area contributed by atoms with E-state index in [0.717, 1.165) is 16.3 Å². The Balaban J connectivity index is 2.02. The average Bonchev–Trinajstić information content (AvgIpc) is 3.11. The third-order valence-electron chi connectivity index (χ3n) is 4.79. The molecule has 0 aliphatic carbocycles. The van der Waals surface area contributed by atoms with Crippen molar-refractivity contribution in [1.82, 2.24) is 0 Å². The second kappa shape index (κ2) is 8.02. The van der Waals surface area contributed by atoms with Crippen molar-refractivity contribution in [2.45, 2.75) is 0 Å². The average molecular weight is 488 g/mol. The number of hydrogen-bond acceptors (Lipinski definition) is 0. The summed E-state index contributed by atoms with van der Waals surface area (Å²) in [5.74, 6) is 0. The SMILES string of the molecule is Cl[Si](Cl)(Cl)C1=[CH][GeH]([c]2ccccc2)[C](c2ccccc2)=C1c1ccccc1. The van der Waals surface area contributed by atoms with Gasteiger partial charge in [0.25, 0.3) is 0 Å². The van der Waals surface area contributed by atoms with Gasteiger partial charge < -0.3 is 0 Å². The van der Waals surface area contributed by atoms with Crippen molar-refractivity contribution in [2.75, 3.05) is 0 Å². The van der Waals surface area contributed by atoms with E-state index in [9.17, 15) is 0 Å². The van der Waals surface area contributed by atoms with E-state index in [1.54, 1.807) is 0 Å². The van der Waals surface area contributed by atoms with E-state index >= 15 is 0 Å². The Morgan fingerprint density at radius 1 is 0.593 bits per heavy atom. The van der Waals surface area contributed by atoms with Gasteiger partial charge in [-0.3, -0.25) is 0 Å². The van der Waals surface area contributed by atoms with Crippen molar-refractivity contribution in [3.8, 4) is 0 Å². The van der Waals surface area contributed by atoms with Crippen LogP contribution in [0.2, 0.25) is 0 Å². The van der Waals surface area contributed by atoms with Crippen LogP contribution in [0.15, 0.2) is 101 Å². The summed E-state index contributed by atoms with van der Waals surface area (Å²) in [5, 5.41) is 0.950. The number of halogens is 3. The van der Waals surface area contributed by atoms with Gasteiger partial charge in [-0.1, -0.05) is 0 Å². The fourth-order valence-electron chi connectivity index (χ4n) is 3.65. The standard InChI is InChI=1S/C22H17Cl3GeSi/c23-27(24,25)20-16-26(19-14-8-3-9-15-19)22(18-12-6-2-7-13-18)21(20)17-10-4-1-5-11-17/h1-16,26H. The van der Waals surface area contributed by atoms with E-state index < -0.39 is 20.4 Å². The predicted octanol–water partition coefficient (Wildman–Crippen LogP) is 5.94. The van der Waals surface area contributed by atoms with E-state index in [-0.39, 0.29) is 0 Å². The molecule has 27 heavy (non-hydrogen) atoms. The van der Waals surface area contributed by atoms with Gasteiger partial charge in [0.15, 0.2) is 0 Å². The zero-order valence-corrected chi connectivity index (χ0v) is 20.1. The monoisotopic (exact) mass is 488 g/mol. The fourth-order valence-corrected chi connectivity index (χ4v) is 16.9. The minimum absolute atomic E-state index is 0.950. The molecule has 4 rings (SSSR count). The molecule has 5 heteroatoms. The molecule has 1 aliphatic heterocycles. The fraction of sp³-hybridized carbons (Fsp3) is 0. The molecule has 0 nitrogen and oxygen atoms in total. The molecule has 1 heterocycles. The Morgan fingerprint density at radius 3 is 1.59 bits per heavy atom. The van der Waals surface area contributed by atoms with Gasteiger partial charge in [0.05, 0.1) is 0 Å². The topological polar surface area (TPSA) is 0 Å². The zero-order chi connectivity index (χ0) is 18.9. The normalized spacial score (nSPS) is 17.1. The first kappa shape index (κ1) is 19.1. The van der Waals surface area contributed by atoms with Crippen LogP contribution in [-0.2, 0) is 0 Å². The second-order valence-corrected chi connectivity index (χ2v) is 20.2. The Morgan fingerprint density at radius 2 is 1.07 bits per heavy atom. The van der Waals surface area contributed by atoms with Gasteiger partial charge in [0, 0.05) is 0 Å². The Labute approximate surface area is 179 Å². The third-order valence-corrected chi connectivity index (χ3v) is 14.7.